The fourth-order valence-electron chi connectivity index (χ4n) is 3.52. The van der Waals surface area contributed by atoms with Gasteiger partial charge in [-0.15, -0.1) is 5.10 Å². The van der Waals surface area contributed by atoms with E-state index in [0.29, 0.717) is 12.0 Å². The van der Waals surface area contributed by atoms with E-state index in [9.17, 15) is 4.79 Å². The van der Waals surface area contributed by atoms with Crippen molar-refractivity contribution in [2.75, 3.05) is 0 Å². The van der Waals surface area contributed by atoms with Crippen LogP contribution in [0.2, 0.25) is 0 Å². The van der Waals surface area contributed by atoms with Crippen LogP contribution in [-0.4, -0.2) is 32.2 Å². The van der Waals surface area contributed by atoms with Gasteiger partial charge < -0.3 is 5.32 Å². The van der Waals surface area contributed by atoms with Crippen molar-refractivity contribution >= 4 is 5.91 Å². The summed E-state index contributed by atoms with van der Waals surface area (Å²) < 4.78 is 1.80. The van der Waals surface area contributed by atoms with Gasteiger partial charge in [0.2, 0.25) is 5.91 Å². The van der Waals surface area contributed by atoms with Gasteiger partial charge in [-0.2, -0.15) is 0 Å². The summed E-state index contributed by atoms with van der Waals surface area (Å²) in [5.41, 5.74) is 0. The standard InChI is InChI=1S/C14H23N5O/c20-14(16-13-3-1-2-4-13)12-7-5-11(6-8-12)9-19-10-15-17-18-19/h10-13H,1-9H2,(H,16,20). The maximum Gasteiger partial charge on any atom is 0.223 e. The predicted molar refractivity (Wildman–Crippen MR) is 73.7 cm³/mol. The minimum atomic E-state index is 0.223. The Morgan fingerprint density at radius 2 is 1.90 bits per heavy atom. The molecule has 0 aromatic carbocycles. The summed E-state index contributed by atoms with van der Waals surface area (Å²) in [6.45, 7) is 0.879. The van der Waals surface area contributed by atoms with Crippen molar-refractivity contribution in [3.8, 4) is 0 Å². The first-order valence-electron chi connectivity index (χ1n) is 7.82. The van der Waals surface area contributed by atoms with Crippen LogP contribution in [-0.2, 0) is 11.3 Å². The molecule has 2 fully saturated rings. The molecule has 1 aromatic rings. The minimum absolute atomic E-state index is 0.223. The fourth-order valence-corrected chi connectivity index (χ4v) is 3.52. The van der Waals surface area contributed by atoms with Crippen LogP contribution in [0, 0.1) is 11.8 Å². The Balaban J connectivity index is 1.42. The van der Waals surface area contributed by atoms with Crippen molar-refractivity contribution < 1.29 is 4.79 Å². The largest absolute Gasteiger partial charge is 0.353 e. The van der Waals surface area contributed by atoms with E-state index in [1.807, 2.05) is 0 Å². The van der Waals surface area contributed by atoms with Crippen LogP contribution < -0.4 is 5.32 Å². The predicted octanol–water partition coefficient (Wildman–Crippen LogP) is 1.54. The van der Waals surface area contributed by atoms with E-state index in [1.54, 1.807) is 11.0 Å². The topological polar surface area (TPSA) is 72.7 Å². The molecule has 2 saturated carbocycles. The molecule has 1 heterocycles. The molecule has 0 aliphatic heterocycles. The number of aromatic nitrogens is 4. The third-order valence-electron chi connectivity index (χ3n) is 4.76. The molecule has 1 aromatic heterocycles. The molecule has 0 saturated heterocycles. The van der Waals surface area contributed by atoms with Gasteiger partial charge in [-0.1, -0.05) is 12.8 Å². The smallest absolute Gasteiger partial charge is 0.223 e. The second kappa shape index (κ2) is 6.33. The lowest BCUT2D eigenvalue weighted by molar-refractivity contribution is -0.126. The van der Waals surface area contributed by atoms with Crippen molar-refractivity contribution in [3.63, 3.8) is 0 Å². The molecule has 20 heavy (non-hydrogen) atoms. The summed E-state index contributed by atoms with van der Waals surface area (Å²) in [5, 5.41) is 14.5. The van der Waals surface area contributed by atoms with Crippen molar-refractivity contribution in [1.82, 2.24) is 25.5 Å². The van der Waals surface area contributed by atoms with E-state index < -0.39 is 0 Å². The maximum absolute atomic E-state index is 12.2. The van der Waals surface area contributed by atoms with E-state index in [4.69, 9.17) is 0 Å². The van der Waals surface area contributed by atoms with Gasteiger partial charge in [0.05, 0.1) is 0 Å². The summed E-state index contributed by atoms with van der Waals surface area (Å²) in [6.07, 6.45) is 10.7. The zero-order valence-corrected chi connectivity index (χ0v) is 11.9. The van der Waals surface area contributed by atoms with Crippen molar-refractivity contribution in [2.45, 2.75) is 64.0 Å². The first-order valence-corrected chi connectivity index (χ1v) is 7.82. The highest BCUT2D eigenvalue weighted by molar-refractivity contribution is 5.79. The molecular formula is C14H23N5O. The molecule has 2 aliphatic rings. The Bertz CT molecular complexity index is 419. The Labute approximate surface area is 119 Å². The van der Waals surface area contributed by atoms with E-state index >= 15 is 0 Å². The summed E-state index contributed by atoms with van der Waals surface area (Å²) in [5.74, 6) is 1.12. The molecule has 6 heteroatoms. The molecule has 6 nitrogen and oxygen atoms in total. The van der Waals surface area contributed by atoms with Gasteiger partial charge in [-0.25, -0.2) is 4.68 Å². The van der Waals surface area contributed by atoms with Gasteiger partial charge in [0, 0.05) is 18.5 Å². The minimum Gasteiger partial charge on any atom is -0.353 e. The molecule has 0 unspecified atom stereocenters. The van der Waals surface area contributed by atoms with Gasteiger partial charge in [0.25, 0.3) is 0 Å². The fraction of sp³-hybridized carbons (Fsp3) is 0.857. The number of carbonyl (C=O) groups is 1. The van der Waals surface area contributed by atoms with Crippen LogP contribution >= 0.6 is 0 Å². The highest BCUT2D eigenvalue weighted by Crippen LogP contribution is 2.30. The molecule has 1 amide bonds. The van der Waals surface area contributed by atoms with Crippen LogP contribution in [0.3, 0.4) is 0 Å². The molecule has 0 radical (unpaired) electrons. The number of carbonyl (C=O) groups excluding carboxylic acids is 1. The summed E-state index contributed by atoms with van der Waals surface area (Å²) in [7, 11) is 0. The number of tetrazole rings is 1. The Kier molecular flexibility index (Phi) is 4.28. The number of amides is 1. The molecular weight excluding hydrogens is 254 g/mol. The Morgan fingerprint density at radius 1 is 1.15 bits per heavy atom. The van der Waals surface area contributed by atoms with Crippen LogP contribution in [0.5, 0.6) is 0 Å². The van der Waals surface area contributed by atoms with Gasteiger partial charge in [0.1, 0.15) is 6.33 Å². The maximum atomic E-state index is 12.2. The number of hydrogen-bond donors (Lipinski definition) is 1. The van der Waals surface area contributed by atoms with Gasteiger partial charge in [-0.05, 0) is 54.9 Å². The normalized spacial score (nSPS) is 27.6. The molecule has 0 spiro atoms. The lowest BCUT2D eigenvalue weighted by Crippen LogP contribution is -2.39. The van der Waals surface area contributed by atoms with E-state index in [-0.39, 0.29) is 11.8 Å². The zero-order chi connectivity index (χ0) is 13.8. The van der Waals surface area contributed by atoms with E-state index in [1.165, 1.54) is 25.7 Å². The van der Waals surface area contributed by atoms with Crippen molar-refractivity contribution in [2.24, 2.45) is 11.8 Å². The third-order valence-corrected chi connectivity index (χ3v) is 4.76. The number of hydrogen-bond acceptors (Lipinski definition) is 4. The highest BCUT2D eigenvalue weighted by atomic mass is 16.1. The van der Waals surface area contributed by atoms with E-state index in [0.717, 1.165) is 32.2 Å². The third kappa shape index (κ3) is 3.35. The Hall–Kier alpha value is -1.46. The number of nitrogens with zero attached hydrogens (tertiary/aromatic N) is 4. The second-order valence-electron chi connectivity index (χ2n) is 6.24. The van der Waals surface area contributed by atoms with Crippen molar-refractivity contribution in [1.29, 1.82) is 0 Å². The molecule has 1 N–H and O–H groups in total. The summed E-state index contributed by atoms with van der Waals surface area (Å²) >= 11 is 0. The van der Waals surface area contributed by atoms with Gasteiger partial charge in [0.15, 0.2) is 0 Å². The number of nitrogens with one attached hydrogen (secondary N) is 1. The molecule has 0 bridgehead atoms. The zero-order valence-electron chi connectivity index (χ0n) is 11.9. The average molecular weight is 277 g/mol. The summed E-state index contributed by atoms with van der Waals surface area (Å²) in [6, 6.07) is 0.446. The quantitative estimate of drug-likeness (QED) is 0.906. The van der Waals surface area contributed by atoms with Crippen LogP contribution in [0.4, 0.5) is 0 Å². The lowest BCUT2D eigenvalue weighted by Gasteiger charge is -2.28. The van der Waals surface area contributed by atoms with E-state index in [2.05, 4.69) is 20.8 Å². The van der Waals surface area contributed by atoms with Crippen molar-refractivity contribution in [3.05, 3.63) is 6.33 Å². The lowest BCUT2D eigenvalue weighted by atomic mass is 9.81. The van der Waals surface area contributed by atoms with Crippen LogP contribution in [0.1, 0.15) is 51.4 Å². The molecule has 110 valence electrons. The molecule has 2 aliphatic carbocycles. The molecule has 3 rings (SSSR count). The van der Waals surface area contributed by atoms with Crippen LogP contribution in [0.25, 0.3) is 0 Å². The van der Waals surface area contributed by atoms with Gasteiger partial charge in [-0.3, -0.25) is 4.79 Å². The summed E-state index contributed by atoms with van der Waals surface area (Å²) in [4.78, 5) is 12.2. The monoisotopic (exact) mass is 277 g/mol. The average Bonchev–Trinajstić information content (AvgIpc) is 3.13. The number of rotatable bonds is 4. The first kappa shape index (κ1) is 13.5. The SMILES string of the molecule is O=C(NC1CCCC1)C1CCC(Cn2cnnn2)CC1. The first-order chi connectivity index (χ1) is 9.81. The van der Waals surface area contributed by atoms with Crippen LogP contribution in [0.15, 0.2) is 6.33 Å². The van der Waals surface area contributed by atoms with Gasteiger partial charge >= 0.3 is 0 Å². The molecule has 0 atom stereocenters. The Morgan fingerprint density at radius 3 is 2.55 bits per heavy atom. The highest BCUT2D eigenvalue weighted by Gasteiger charge is 2.28. The second-order valence-corrected chi connectivity index (χ2v) is 6.24.